The number of anilines is 1. The van der Waals surface area contributed by atoms with Gasteiger partial charge >= 0.3 is 5.97 Å². The molecule has 6 heteroatoms. The molecule has 2 N–H and O–H groups in total. The molecule has 0 aliphatic heterocycles. The maximum Gasteiger partial charge on any atom is 0.307 e. The van der Waals surface area contributed by atoms with Crippen molar-refractivity contribution in [3.63, 3.8) is 0 Å². The number of allylic oxidation sites excluding steroid dienone is 2. The Kier molecular flexibility index (Phi) is 6.02. The maximum absolute atomic E-state index is 13.2. The third kappa shape index (κ3) is 4.18. The van der Waals surface area contributed by atoms with Crippen molar-refractivity contribution in [1.29, 1.82) is 0 Å². The lowest BCUT2D eigenvalue weighted by Crippen LogP contribution is -2.37. The van der Waals surface area contributed by atoms with Crippen LogP contribution < -0.4 is 5.32 Å². The highest BCUT2D eigenvalue weighted by atomic mass is 32.1. The number of hydrogen-bond acceptors (Lipinski definition) is 4. The summed E-state index contributed by atoms with van der Waals surface area (Å²) in [5.41, 5.74) is 5.48. The van der Waals surface area contributed by atoms with E-state index in [4.69, 9.17) is 0 Å². The summed E-state index contributed by atoms with van der Waals surface area (Å²) < 4.78 is 0. The van der Waals surface area contributed by atoms with Gasteiger partial charge in [-0.25, -0.2) is 4.98 Å². The molecule has 0 radical (unpaired) electrons. The molecule has 31 heavy (non-hydrogen) atoms. The minimum absolute atomic E-state index is 0.0144. The first-order valence-corrected chi connectivity index (χ1v) is 11.9. The van der Waals surface area contributed by atoms with Gasteiger partial charge in [-0.2, -0.15) is 0 Å². The molecule has 2 saturated carbocycles. The molecule has 4 rings (SSSR count). The van der Waals surface area contributed by atoms with Gasteiger partial charge in [0, 0.05) is 10.9 Å². The van der Waals surface area contributed by atoms with Crippen LogP contribution in [0.25, 0.3) is 11.3 Å². The predicted molar refractivity (Wildman–Crippen MR) is 124 cm³/mol. The maximum atomic E-state index is 13.2. The number of hydrogen-bond donors (Lipinski definition) is 2. The summed E-state index contributed by atoms with van der Waals surface area (Å²) in [5.74, 6) is -1.62. The summed E-state index contributed by atoms with van der Waals surface area (Å²) in [6.45, 7) is 8.46. The Morgan fingerprint density at radius 2 is 1.77 bits per heavy atom. The van der Waals surface area contributed by atoms with Crippen LogP contribution in [0.15, 0.2) is 40.8 Å². The van der Waals surface area contributed by atoms with E-state index in [1.807, 2.05) is 19.2 Å². The van der Waals surface area contributed by atoms with Gasteiger partial charge in [-0.15, -0.1) is 11.3 Å². The van der Waals surface area contributed by atoms with Crippen LogP contribution in [0, 0.1) is 29.6 Å². The van der Waals surface area contributed by atoms with Gasteiger partial charge in [-0.1, -0.05) is 49.3 Å². The number of carboxylic acids is 1. The van der Waals surface area contributed by atoms with Crippen molar-refractivity contribution in [1.82, 2.24) is 4.98 Å². The van der Waals surface area contributed by atoms with Crippen LogP contribution in [-0.2, 0) is 16.0 Å². The molecule has 2 fully saturated rings. The SMILES string of the molecule is CC(C)=C1C2CCC1C(C(=O)Nc1nc(-c3ccc(CC(C)C)cc3)cs1)C2C(=O)O. The van der Waals surface area contributed by atoms with Crippen molar-refractivity contribution >= 4 is 28.3 Å². The molecule has 2 aliphatic carbocycles. The first kappa shape index (κ1) is 21.8. The Balaban J connectivity index is 1.50. The van der Waals surface area contributed by atoms with Gasteiger partial charge in [0.2, 0.25) is 5.91 Å². The van der Waals surface area contributed by atoms with E-state index >= 15 is 0 Å². The van der Waals surface area contributed by atoms with Gasteiger partial charge in [0.1, 0.15) is 0 Å². The fourth-order valence-electron chi connectivity index (χ4n) is 5.54. The number of amides is 1. The van der Waals surface area contributed by atoms with E-state index in [9.17, 15) is 14.7 Å². The first-order valence-electron chi connectivity index (χ1n) is 11.0. The van der Waals surface area contributed by atoms with Gasteiger partial charge in [-0.3, -0.25) is 9.59 Å². The molecule has 0 spiro atoms. The third-order valence-electron chi connectivity index (χ3n) is 6.63. The van der Waals surface area contributed by atoms with Crippen molar-refractivity contribution in [2.45, 2.75) is 47.0 Å². The topological polar surface area (TPSA) is 79.3 Å². The van der Waals surface area contributed by atoms with Gasteiger partial charge < -0.3 is 10.4 Å². The zero-order chi connectivity index (χ0) is 22.3. The van der Waals surface area contributed by atoms with Crippen molar-refractivity contribution in [2.24, 2.45) is 29.6 Å². The normalized spacial score (nSPS) is 24.6. The summed E-state index contributed by atoms with van der Waals surface area (Å²) in [6.07, 6.45) is 2.79. The number of aromatic nitrogens is 1. The molecule has 4 atom stereocenters. The highest BCUT2D eigenvalue weighted by molar-refractivity contribution is 7.14. The highest BCUT2D eigenvalue weighted by Crippen LogP contribution is 2.57. The monoisotopic (exact) mass is 438 g/mol. The highest BCUT2D eigenvalue weighted by Gasteiger charge is 2.57. The van der Waals surface area contributed by atoms with E-state index in [-0.39, 0.29) is 17.7 Å². The van der Waals surface area contributed by atoms with Crippen molar-refractivity contribution in [2.75, 3.05) is 5.32 Å². The minimum atomic E-state index is -0.868. The largest absolute Gasteiger partial charge is 0.481 e. The summed E-state index contributed by atoms with van der Waals surface area (Å²) >= 11 is 1.38. The summed E-state index contributed by atoms with van der Waals surface area (Å²) in [5, 5.41) is 15.2. The molecule has 1 amide bonds. The second-order valence-corrected chi connectivity index (χ2v) is 10.3. The smallest absolute Gasteiger partial charge is 0.307 e. The van der Waals surface area contributed by atoms with E-state index in [2.05, 4.69) is 48.4 Å². The number of thiazole rings is 1. The predicted octanol–water partition coefficient (Wildman–Crippen LogP) is 5.64. The van der Waals surface area contributed by atoms with Crippen LogP contribution in [-0.4, -0.2) is 22.0 Å². The summed E-state index contributed by atoms with van der Waals surface area (Å²) in [6, 6.07) is 8.38. The molecule has 1 aromatic heterocycles. The second kappa shape index (κ2) is 8.58. The van der Waals surface area contributed by atoms with Gasteiger partial charge in [-0.05, 0) is 56.4 Å². The van der Waals surface area contributed by atoms with Crippen LogP contribution in [0.3, 0.4) is 0 Å². The lowest BCUT2D eigenvalue weighted by atomic mass is 9.79. The standard InChI is InChI=1S/C25H30N2O3S/c1-13(2)11-15-5-7-16(8-6-15)19-12-31-25(26-19)27-23(28)21-17-9-10-18(20(17)14(3)4)22(21)24(29)30/h5-8,12-13,17-18,21-22H,9-11H2,1-4H3,(H,29,30)(H,26,27,28). The molecule has 2 aliphatic rings. The second-order valence-electron chi connectivity index (χ2n) is 9.46. The molecule has 1 heterocycles. The average Bonchev–Trinajstić information content (AvgIpc) is 3.41. The van der Waals surface area contributed by atoms with Gasteiger partial charge in [0.25, 0.3) is 0 Å². The molecule has 4 unspecified atom stereocenters. The van der Waals surface area contributed by atoms with Crippen LogP contribution in [0.5, 0.6) is 0 Å². The summed E-state index contributed by atoms with van der Waals surface area (Å²) in [7, 11) is 0. The number of carbonyl (C=O) groups excluding carboxylic acids is 1. The van der Waals surface area contributed by atoms with E-state index in [1.165, 1.54) is 22.5 Å². The number of rotatable bonds is 6. The molecular formula is C25H30N2O3S. The molecule has 1 aromatic carbocycles. The van der Waals surface area contributed by atoms with Crippen LogP contribution in [0.1, 0.15) is 46.1 Å². The Hall–Kier alpha value is -2.47. The Bertz CT molecular complexity index is 1020. The first-order chi connectivity index (χ1) is 14.8. The quantitative estimate of drug-likeness (QED) is 0.572. The van der Waals surface area contributed by atoms with E-state index in [0.29, 0.717) is 11.0 Å². The number of nitrogens with one attached hydrogen (secondary N) is 1. The molecule has 2 aromatic rings. The van der Waals surface area contributed by atoms with Crippen molar-refractivity contribution in [3.05, 3.63) is 46.4 Å². The zero-order valence-corrected chi connectivity index (χ0v) is 19.3. The molecule has 2 bridgehead atoms. The van der Waals surface area contributed by atoms with Crippen LogP contribution >= 0.6 is 11.3 Å². The number of nitrogens with zero attached hydrogens (tertiary/aromatic N) is 1. The Labute approximate surface area is 187 Å². The number of carboxylic acid groups (broad SMARTS) is 1. The molecule has 0 saturated heterocycles. The average molecular weight is 439 g/mol. The lowest BCUT2D eigenvalue weighted by Gasteiger charge is -2.25. The molecular weight excluding hydrogens is 408 g/mol. The van der Waals surface area contributed by atoms with Gasteiger partial charge in [0.05, 0.1) is 17.5 Å². The number of benzene rings is 1. The summed E-state index contributed by atoms with van der Waals surface area (Å²) in [4.78, 5) is 29.7. The van der Waals surface area contributed by atoms with Crippen molar-refractivity contribution in [3.8, 4) is 11.3 Å². The Morgan fingerprint density at radius 3 is 2.35 bits per heavy atom. The van der Waals surface area contributed by atoms with E-state index in [1.54, 1.807) is 0 Å². The van der Waals surface area contributed by atoms with Crippen molar-refractivity contribution < 1.29 is 14.7 Å². The van der Waals surface area contributed by atoms with Gasteiger partial charge in [0.15, 0.2) is 5.13 Å². The lowest BCUT2D eigenvalue weighted by molar-refractivity contribution is -0.148. The number of aliphatic carboxylic acids is 1. The number of carbonyl (C=O) groups is 2. The zero-order valence-electron chi connectivity index (χ0n) is 18.5. The fourth-order valence-corrected chi connectivity index (χ4v) is 6.26. The third-order valence-corrected chi connectivity index (χ3v) is 7.39. The van der Waals surface area contributed by atoms with Crippen LogP contribution in [0.2, 0.25) is 0 Å². The minimum Gasteiger partial charge on any atom is -0.481 e. The van der Waals surface area contributed by atoms with E-state index in [0.717, 1.165) is 36.1 Å². The Morgan fingerprint density at radius 1 is 1.13 bits per heavy atom. The van der Waals surface area contributed by atoms with E-state index < -0.39 is 17.8 Å². The fraction of sp³-hybridized carbons (Fsp3) is 0.480. The van der Waals surface area contributed by atoms with Crippen LogP contribution in [0.4, 0.5) is 5.13 Å². The number of fused-ring (bicyclic) bond motifs is 2. The molecule has 164 valence electrons. The molecule has 5 nitrogen and oxygen atoms in total.